The van der Waals surface area contributed by atoms with Crippen LogP contribution in [0.25, 0.3) is 0 Å². The molecule has 0 heterocycles. The van der Waals surface area contributed by atoms with E-state index in [0.29, 0.717) is 6.04 Å². The van der Waals surface area contributed by atoms with Crippen LogP contribution in [0.4, 0.5) is 0 Å². The van der Waals surface area contributed by atoms with Crippen LogP contribution >= 0.6 is 0 Å². The number of hydrogen-bond acceptors (Lipinski definition) is 2. The summed E-state index contributed by atoms with van der Waals surface area (Å²) in [5.74, 6) is 1.83. The highest BCUT2D eigenvalue weighted by Gasteiger charge is 2.14. The summed E-state index contributed by atoms with van der Waals surface area (Å²) in [7, 11) is 0. The van der Waals surface area contributed by atoms with Gasteiger partial charge in [0.25, 0.3) is 0 Å². The quantitative estimate of drug-likeness (QED) is 0.582. The van der Waals surface area contributed by atoms with E-state index in [0.717, 1.165) is 31.2 Å². The van der Waals surface area contributed by atoms with Crippen molar-refractivity contribution in [3.8, 4) is 5.75 Å². The van der Waals surface area contributed by atoms with E-state index in [2.05, 4.69) is 26.1 Å². The van der Waals surface area contributed by atoms with Gasteiger partial charge in [-0.3, -0.25) is 0 Å². The molecule has 21 heavy (non-hydrogen) atoms. The molecule has 0 amide bonds. The molecule has 2 unspecified atom stereocenters. The van der Waals surface area contributed by atoms with Crippen LogP contribution in [0.5, 0.6) is 5.75 Å². The Hall–Kier alpha value is -1.02. The third-order valence-corrected chi connectivity index (χ3v) is 4.13. The van der Waals surface area contributed by atoms with Gasteiger partial charge >= 0.3 is 0 Å². The third kappa shape index (κ3) is 8.11. The molecule has 120 valence electrons. The molecule has 0 aliphatic carbocycles. The molecule has 2 heteroatoms. The Kier molecular flexibility index (Phi) is 9.98. The molecule has 0 saturated carbocycles. The van der Waals surface area contributed by atoms with Crippen LogP contribution in [0.2, 0.25) is 0 Å². The highest BCUT2D eigenvalue weighted by Crippen LogP contribution is 2.20. The molecule has 0 aliphatic heterocycles. The lowest BCUT2D eigenvalue weighted by atomic mass is 9.91. The molecule has 0 spiro atoms. The number of benzene rings is 1. The van der Waals surface area contributed by atoms with Gasteiger partial charge in [0.2, 0.25) is 0 Å². The average molecular weight is 291 g/mol. The molecule has 2 atom stereocenters. The molecule has 0 aliphatic rings. The van der Waals surface area contributed by atoms with Crippen LogP contribution < -0.4 is 10.1 Å². The van der Waals surface area contributed by atoms with Crippen LogP contribution in [-0.4, -0.2) is 19.2 Å². The molecule has 1 rings (SSSR count). The van der Waals surface area contributed by atoms with Crippen molar-refractivity contribution in [2.75, 3.05) is 13.2 Å². The molecular weight excluding hydrogens is 258 g/mol. The van der Waals surface area contributed by atoms with E-state index < -0.39 is 0 Å². The number of para-hydroxylation sites is 1. The Labute approximate surface area is 131 Å². The zero-order valence-electron chi connectivity index (χ0n) is 14.1. The van der Waals surface area contributed by atoms with Gasteiger partial charge in [-0.25, -0.2) is 0 Å². The average Bonchev–Trinajstić information content (AvgIpc) is 2.52. The van der Waals surface area contributed by atoms with Crippen molar-refractivity contribution in [1.82, 2.24) is 5.32 Å². The van der Waals surface area contributed by atoms with Crippen molar-refractivity contribution in [3.63, 3.8) is 0 Å². The van der Waals surface area contributed by atoms with E-state index in [-0.39, 0.29) is 0 Å². The van der Waals surface area contributed by atoms with E-state index in [4.69, 9.17) is 4.74 Å². The lowest BCUT2D eigenvalue weighted by molar-refractivity contribution is 0.262. The largest absolute Gasteiger partial charge is 0.494 e. The first-order valence-electron chi connectivity index (χ1n) is 8.71. The molecule has 0 bridgehead atoms. The Bertz CT molecular complexity index is 339. The zero-order chi connectivity index (χ0) is 15.3. The van der Waals surface area contributed by atoms with Gasteiger partial charge in [-0.2, -0.15) is 0 Å². The van der Waals surface area contributed by atoms with Gasteiger partial charge in [-0.05, 0) is 37.4 Å². The van der Waals surface area contributed by atoms with Crippen LogP contribution in [0.3, 0.4) is 0 Å². The van der Waals surface area contributed by atoms with Crippen molar-refractivity contribution in [2.24, 2.45) is 5.92 Å². The Morgan fingerprint density at radius 1 is 1.05 bits per heavy atom. The second kappa shape index (κ2) is 11.6. The van der Waals surface area contributed by atoms with Gasteiger partial charge in [0.15, 0.2) is 0 Å². The molecule has 1 N–H and O–H groups in total. The van der Waals surface area contributed by atoms with Crippen LogP contribution in [-0.2, 0) is 0 Å². The summed E-state index contributed by atoms with van der Waals surface area (Å²) in [4.78, 5) is 0. The molecular formula is C19H33NO. The molecule has 2 nitrogen and oxygen atoms in total. The maximum atomic E-state index is 5.84. The predicted molar refractivity (Wildman–Crippen MR) is 91.9 cm³/mol. The third-order valence-electron chi connectivity index (χ3n) is 4.13. The summed E-state index contributed by atoms with van der Waals surface area (Å²) >= 11 is 0. The normalized spacial score (nSPS) is 13.9. The van der Waals surface area contributed by atoms with Crippen molar-refractivity contribution in [1.29, 1.82) is 0 Å². The molecule has 0 saturated heterocycles. The summed E-state index contributed by atoms with van der Waals surface area (Å²) in [5.41, 5.74) is 0. The first-order valence-corrected chi connectivity index (χ1v) is 8.71. The Morgan fingerprint density at radius 3 is 2.43 bits per heavy atom. The Morgan fingerprint density at radius 2 is 1.81 bits per heavy atom. The second-order valence-corrected chi connectivity index (χ2v) is 5.86. The fourth-order valence-corrected chi connectivity index (χ4v) is 2.81. The van der Waals surface area contributed by atoms with E-state index in [1.165, 1.54) is 32.1 Å². The van der Waals surface area contributed by atoms with Crippen molar-refractivity contribution < 1.29 is 4.74 Å². The smallest absolute Gasteiger partial charge is 0.119 e. The summed E-state index contributed by atoms with van der Waals surface area (Å²) in [6, 6.07) is 10.7. The van der Waals surface area contributed by atoms with Gasteiger partial charge in [-0.1, -0.05) is 64.7 Å². The van der Waals surface area contributed by atoms with E-state index in [9.17, 15) is 0 Å². The molecule has 0 fully saturated rings. The lowest BCUT2D eigenvalue weighted by Gasteiger charge is -2.23. The maximum Gasteiger partial charge on any atom is 0.119 e. The number of hydrogen-bond donors (Lipinski definition) is 1. The number of nitrogens with one attached hydrogen (secondary N) is 1. The number of ether oxygens (including phenoxy) is 1. The zero-order valence-corrected chi connectivity index (χ0v) is 14.1. The maximum absolute atomic E-state index is 5.84. The van der Waals surface area contributed by atoms with E-state index in [1.807, 2.05) is 30.3 Å². The fourth-order valence-electron chi connectivity index (χ4n) is 2.81. The van der Waals surface area contributed by atoms with Crippen molar-refractivity contribution >= 4 is 0 Å². The van der Waals surface area contributed by atoms with Gasteiger partial charge in [0.1, 0.15) is 5.75 Å². The van der Waals surface area contributed by atoms with Crippen molar-refractivity contribution in [2.45, 2.75) is 65.3 Å². The highest BCUT2D eigenvalue weighted by molar-refractivity contribution is 5.20. The number of rotatable bonds is 12. The standard InChI is InChI=1S/C19H33NO/c1-4-7-11-17(5-2)16-18(20-6-3)14-15-21-19-12-9-8-10-13-19/h8-10,12-13,17-18,20H,4-7,11,14-16H2,1-3H3. The summed E-state index contributed by atoms with van der Waals surface area (Å²) < 4.78 is 5.84. The van der Waals surface area contributed by atoms with Crippen LogP contribution in [0.15, 0.2) is 30.3 Å². The van der Waals surface area contributed by atoms with Gasteiger partial charge < -0.3 is 10.1 Å². The first-order chi connectivity index (χ1) is 10.3. The SMILES string of the molecule is CCCCC(CC)CC(CCOc1ccccc1)NCC. The molecule has 0 aromatic heterocycles. The Balaban J connectivity index is 2.34. The lowest BCUT2D eigenvalue weighted by Crippen LogP contribution is -2.32. The predicted octanol–water partition coefficient (Wildman–Crippen LogP) is 5.04. The summed E-state index contributed by atoms with van der Waals surface area (Å²) in [6.07, 6.45) is 7.70. The van der Waals surface area contributed by atoms with Gasteiger partial charge in [0.05, 0.1) is 6.61 Å². The fraction of sp³-hybridized carbons (Fsp3) is 0.684. The van der Waals surface area contributed by atoms with Crippen LogP contribution in [0, 0.1) is 5.92 Å². The van der Waals surface area contributed by atoms with Crippen LogP contribution in [0.1, 0.15) is 59.3 Å². The second-order valence-electron chi connectivity index (χ2n) is 5.86. The number of unbranched alkanes of at least 4 members (excludes halogenated alkanes) is 1. The minimum atomic E-state index is 0.584. The highest BCUT2D eigenvalue weighted by atomic mass is 16.5. The summed E-state index contributed by atoms with van der Waals surface area (Å²) in [5, 5.41) is 3.63. The van der Waals surface area contributed by atoms with Gasteiger partial charge in [0, 0.05) is 6.04 Å². The monoisotopic (exact) mass is 291 g/mol. The topological polar surface area (TPSA) is 21.3 Å². The van der Waals surface area contributed by atoms with E-state index in [1.54, 1.807) is 0 Å². The first kappa shape index (κ1) is 18.0. The minimum Gasteiger partial charge on any atom is -0.494 e. The minimum absolute atomic E-state index is 0.584. The molecule has 0 radical (unpaired) electrons. The van der Waals surface area contributed by atoms with E-state index >= 15 is 0 Å². The molecule has 1 aromatic carbocycles. The van der Waals surface area contributed by atoms with Crippen molar-refractivity contribution in [3.05, 3.63) is 30.3 Å². The summed E-state index contributed by atoms with van der Waals surface area (Å²) in [6.45, 7) is 8.64. The van der Waals surface area contributed by atoms with Gasteiger partial charge in [-0.15, -0.1) is 0 Å². The molecule has 1 aromatic rings.